The number of likely N-dealkylation sites (N-methyl/N-ethyl adjacent to an activating group) is 1. The van der Waals surface area contributed by atoms with Crippen molar-refractivity contribution < 1.29 is 24.2 Å². The standard InChI is InChI=1S/C21H25N3O5/c1-2-24(13-21(26)27)16-11-15(12-16)23-19(25)14-28-17-6-8-18(9-7-17)29-20-5-3-4-10-22-20/h3-10,15-16H,2,11-14H2,1H3,(H,23,25)(H,26,27). The van der Waals surface area contributed by atoms with E-state index in [4.69, 9.17) is 14.6 Å². The maximum absolute atomic E-state index is 12.1. The van der Waals surface area contributed by atoms with Crippen LogP contribution in [-0.4, -0.2) is 58.6 Å². The summed E-state index contributed by atoms with van der Waals surface area (Å²) in [6.45, 7) is 2.58. The number of aromatic nitrogens is 1. The molecule has 0 aliphatic heterocycles. The summed E-state index contributed by atoms with van der Waals surface area (Å²) < 4.78 is 11.1. The van der Waals surface area contributed by atoms with Gasteiger partial charge in [-0.2, -0.15) is 0 Å². The molecule has 1 aromatic heterocycles. The molecule has 0 bridgehead atoms. The van der Waals surface area contributed by atoms with E-state index in [-0.39, 0.29) is 31.1 Å². The third-order valence-corrected chi connectivity index (χ3v) is 4.79. The molecule has 0 radical (unpaired) electrons. The van der Waals surface area contributed by atoms with Crippen molar-refractivity contribution in [2.75, 3.05) is 19.7 Å². The Morgan fingerprint density at radius 1 is 1.17 bits per heavy atom. The minimum Gasteiger partial charge on any atom is -0.484 e. The summed E-state index contributed by atoms with van der Waals surface area (Å²) in [6.07, 6.45) is 3.17. The Kier molecular flexibility index (Phi) is 7.02. The van der Waals surface area contributed by atoms with E-state index in [2.05, 4.69) is 10.3 Å². The average molecular weight is 399 g/mol. The van der Waals surface area contributed by atoms with Gasteiger partial charge in [0.2, 0.25) is 5.88 Å². The van der Waals surface area contributed by atoms with Crippen LogP contribution in [0.3, 0.4) is 0 Å². The molecule has 1 saturated carbocycles. The number of carbonyl (C=O) groups excluding carboxylic acids is 1. The molecule has 1 aliphatic rings. The molecule has 1 fully saturated rings. The summed E-state index contributed by atoms with van der Waals surface area (Å²) in [5.74, 6) is 0.679. The number of carboxylic acid groups (broad SMARTS) is 1. The molecule has 0 saturated heterocycles. The van der Waals surface area contributed by atoms with Gasteiger partial charge in [-0.25, -0.2) is 4.98 Å². The molecule has 0 atom stereocenters. The number of hydrogen-bond donors (Lipinski definition) is 2. The predicted molar refractivity (Wildman–Crippen MR) is 106 cm³/mol. The highest BCUT2D eigenvalue weighted by atomic mass is 16.5. The van der Waals surface area contributed by atoms with E-state index in [0.717, 1.165) is 12.8 Å². The zero-order chi connectivity index (χ0) is 20.6. The smallest absolute Gasteiger partial charge is 0.317 e. The van der Waals surface area contributed by atoms with Crippen LogP contribution in [0.15, 0.2) is 48.7 Å². The van der Waals surface area contributed by atoms with Crippen LogP contribution >= 0.6 is 0 Å². The molecule has 8 heteroatoms. The van der Waals surface area contributed by atoms with Crippen molar-refractivity contribution in [1.29, 1.82) is 0 Å². The van der Waals surface area contributed by atoms with Crippen LogP contribution in [0.1, 0.15) is 19.8 Å². The van der Waals surface area contributed by atoms with Gasteiger partial charge in [0.05, 0.1) is 6.54 Å². The molecule has 0 unspecified atom stereocenters. The molecule has 2 N–H and O–H groups in total. The number of aliphatic carboxylic acids is 1. The number of hydrogen-bond acceptors (Lipinski definition) is 6. The minimum atomic E-state index is -0.829. The molecular weight excluding hydrogens is 374 g/mol. The van der Waals surface area contributed by atoms with Gasteiger partial charge < -0.3 is 19.9 Å². The molecule has 29 heavy (non-hydrogen) atoms. The van der Waals surface area contributed by atoms with Crippen molar-refractivity contribution in [2.45, 2.75) is 31.8 Å². The first-order valence-corrected chi connectivity index (χ1v) is 9.60. The van der Waals surface area contributed by atoms with Crippen molar-refractivity contribution in [2.24, 2.45) is 0 Å². The Labute approximate surface area is 169 Å². The average Bonchev–Trinajstić information content (AvgIpc) is 2.69. The second-order valence-corrected chi connectivity index (χ2v) is 6.88. The predicted octanol–water partition coefficient (Wildman–Crippen LogP) is 2.31. The molecule has 3 rings (SSSR count). The number of nitrogens with zero attached hydrogens (tertiary/aromatic N) is 2. The van der Waals surface area contributed by atoms with Crippen LogP contribution in [0.5, 0.6) is 17.4 Å². The van der Waals surface area contributed by atoms with Gasteiger partial charge in [0.1, 0.15) is 11.5 Å². The Balaban J connectivity index is 1.37. The van der Waals surface area contributed by atoms with Crippen LogP contribution in [0.4, 0.5) is 0 Å². The van der Waals surface area contributed by atoms with E-state index in [0.29, 0.717) is 23.9 Å². The minimum absolute atomic E-state index is 0.0327. The number of carboxylic acids is 1. The normalized spacial score (nSPS) is 18.0. The molecular formula is C21H25N3O5. The van der Waals surface area contributed by atoms with Gasteiger partial charge in [0, 0.05) is 24.3 Å². The van der Waals surface area contributed by atoms with Crippen LogP contribution in [0.25, 0.3) is 0 Å². The van der Waals surface area contributed by atoms with E-state index in [1.54, 1.807) is 36.5 Å². The van der Waals surface area contributed by atoms with E-state index >= 15 is 0 Å². The third kappa shape index (κ3) is 6.18. The Bertz CT molecular complexity index is 807. The van der Waals surface area contributed by atoms with E-state index in [1.165, 1.54) is 0 Å². The zero-order valence-corrected chi connectivity index (χ0v) is 16.3. The summed E-state index contributed by atoms with van der Waals surface area (Å²) in [5.41, 5.74) is 0. The fraction of sp³-hybridized carbons (Fsp3) is 0.381. The summed E-state index contributed by atoms with van der Waals surface area (Å²) >= 11 is 0. The van der Waals surface area contributed by atoms with Crippen molar-refractivity contribution in [3.05, 3.63) is 48.7 Å². The van der Waals surface area contributed by atoms with Gasteiger partial charge >= 0.3 is 5.97 Å². The van der Waals surface area contributed by atoms with Gasteiger partial charge in [0.15, 0.2) is 6.61 Å². The van der Waals surface area contributed by atoms with Gasteiger partial charge in [-0.05, 0) is 49.7 Å². The number of nitrogens with one attached hydrogen (secondary N) is 1. The van der Waals surface area contributed by atoms with Crippen molar-refractivity contribution >= 4 is 11.9 Å². The number of carbonyl (C=O) groups is 2. The highest BCUT2D eigenvalue weighted by Crippen LogP contribution is 2.26. The van der Waals surface area contributed by atoms with Crippen LogP contribution in [0.2, 0.25) is 0 Å². The molecule has 0 spiro atoms. The lowest BCUT2D eigenvalue weighted by atomic mass is 9.85. The molecule has 1 aliphatic carbocycles. The number of ether oxygens (including phenoxy) is 2. The number of pyridine rings is 1. The van der Waals surface area contributed by atoms with Gasteiger partial charge in [-0.3, -0.25) is 14.5 Å². The fourth-order valence-corrected chi connectivity index (χ4v) is 3.23. The topological polar surface area (TPSA) is 101 Å². The summed E-state index contributed by atoms with van der Waals surface area (Å²) in [7, 11) is 0. The molecule has 1 aromatic carbocycles. The van der Waals surface area contributed by atoms with Crippen LogP contribution in [0, 0.1) is 0 Å². The zero-order valence-electron chi connectivity index (χ0n) is 16.3. The van der Waals surface area contributed by atoms with Crippen LogP contribution in [-0.2, 0) is 9.59 Å². The lowest BCUT2D eigenvalue weighted by Crippen LogP contribution is -2.55. The molecule has 8 nitrogen and oxygen atoms in total. The number of rotatable bonds is 10. The number of amides is 1. The molecule has 2 aromatic rings. The van der Waals surface area contributed by atoms with Gasteiger partial charge in [-0.15, -0.1) is 0 Å². The first kappa shape index (κ1) is 20.6. The van der Waals surface area contributed by atoms with E-state index in [9.17, 15) is 9.59 Å². The van der Waals surface area contributed by atoms with Crippen molar-refractivity contribution in [3.8, 4) is 17.4 Å². The van der Waals surface area contributed by atoms with Crippen molar-refractivity contribution in [1.82, 2.24) is 15.2 Å². The lowest BCUT2D eigenvalue weighted by Gasteiger charge is -2.42. The fourth-order valence-electron chi connectivity index (χ4n) is 3.23. The first-order valence-electron chi connectivity index (χ1n) is 9.60. The quantitative estimate of drug-likeness (QED) is 0.632. The second kappa shape index (κ2) is 9.88. The third-order valence-electron chi connectivity index (χ3n) is 4.79. The summed E-state index contributed by atoms with van der Waals surface area (Å²) in [5, 5.41) is 11.8. The SMILES string of the molecule is CCN(CC(=O)O)C1CC(NC(=O)COc2ccc(Oc3ccccn3)cc2)C1. The number of benzene rings is 1. The maximum Gasteiger partial charge on any atom is 0.317 e. The molecule has 1 amide bonds. The van der Waals surface area contributed by atoms with Crippen LogP contribution < -0.4 is 14.8 Å². The summed E-state index contributed by atoms with van der Waals surface area (Å²) in [4.78, 5) is 28.9. The Hall–Kier alpha value is -3.13. The second-order valence-electron chi connectivity index (χ2n) is 6.88. The first-order chi connectivity index (χ1) is 14.0. The summed E-state index contributed by atoms with van der Waals surface area (Å²) in [6, 6.07) is 12.7. The largest absolute Gasteiger partial charge is 0.484 e. The van der Waals surface area contributed by atoms with E-state index in [1.807, 2.05) is 24.0 Å². The lowest BCUT2D eigenvalue weighted by molar-refractivity contribution is -0.139. The Morgan fingerprint density at radius 2 is 1.90 bits per heavy atom. The monoisotopic (exact) mass is 399 g/mol. The Morgan fingerprint density at radius 3 is 2.52 bits per heavy atom. The molecule has 1 heterocycles. The van der Waals surface area contributed by atoms with Crippen molar-refractivity contribution in [3.63, 3.8) is 0 Å². The maximum atomic E-state index is 12.1. The highest BCUT2D eigenvalue weighted by Gasteiger charge is 2.34. The van der Waals surface area contributed by atoms with E-state index < -0.39 is 5.97 Å². The molecule has 154 valence electrons. The van der Waals surface area contributed by atoms with Gasteiger partial charge in [0.25, 0.3) is 5.91 Å². The van der Waals surface area contributed by atoms with Gasteiger partial charge in [-0.1, -0.05) is 13.0 Å². The highest BCUT2D eigenvalue weighted by molar-refractivity contribution is 5.78.